The van der Waals surface area contributed by atoms with E-state index in [4.69, 9.17) is 5.73 Å². The molecule has 3 fully saturated rings. The molecule has 3 aliphatic rings. The number of amides is 2. The number of likely N-dealkylation sites (N-methyl/N-ethyl adjacent to an activating group) is 1. The number of nitrogens with two attached hydrogens (primary N) is 1. The first-order chi connectivity index (χ1) is 15.9. The predicted octanol–water partition coefficient (Wildman–Crippen LogP) is 3.47. The zero-order valence-electron chi connectivity index (χ0n) is 20.5. The molecule has 2 atom stereocenters. The fraction of sp³-hybridized carbons (Fsp3) is 0.704. The lowest BCUT2D eigenvalue weighted by molar-refractivity contribution is -0.133. The molecule has 2 saturated heterocycles. The van der Waals surface area contributed by atoms with Gasteiger partial charge in [-0.1, -0.05) is 31.4 Å². The van der Waals surface area contributed by atoms with Crippen LogP contribution in [0.4, 0.5) is 0 Å². The van der Waals surface area contributed by atoms with Crippen LogP contribution in [0.2, 0.25) is 0 Å². The minimum atomic E-state index is -0.349. The van der Waals surface area contributed by atoms with Crippen molar-refractivity contribution in [3.63, 3.8) is 0 Å². The number of hydrogen-bond donors (Lipinski definition) is 1. The summed E-state index contributed by atoms with van der Waals surface area (Å²) in [5, 5.41) is 0. The van der Waals surface area contributed by atoms with Gasteiger partial charge >= 0.3 is 0 Å². The second-order valence-corrected chi connectivity index (χ2v) is 10.9. The Bertz CT molecular complexity index is 806. The summed E-state index contributed by atoms with van der Waals surface area (Å²) in [6, 6.07) is 9.06. The zero-order chi connectivity index (χ0) is 23.4. The van der Waals surface area contributed by atoms with Gasteiger partial charge in [0.1, 0.15) is 0 Å². The van der Waals surface area contributed by atoms with Crippen molar-refractivity contribution < 1.29 is 9.59 Å². The van der Waals surface area contributed by atoms with Crippen molar-refractivity contribution in [2.24, 2.45) is 11.7 Å². The van der Waals surface area contributed by atoms with Crippen molar-refractivity contribution in [1.82, 2.24) is 14.7 Å². The van der Waals surface area contributed by atoms with Crippen LogP contribution in [0, 0.1) is 5.92 Å². The molecule has 2 aliphatic heterocycles. The highest BCUT2D eigenvalue weighted by Crippen LogP contribution is 2.43. The van der Waals surface area contributed by atoms with Crippen molar-refractivity contribution >= 4 is 11.8 Å². The first-order valence-electron chi connectivity index (χ1n) is 13.0. The SMILES string of the molecule is CN(C)CC(=O)N(CCN1C2CCC1CC(c1cccc(C(N)=O)c1)C2)CC1CCCCC1. The molecule has 6 heteroatoms. The van der Waals surface area contributed by atoms with Crippen LogP contribution >= 0.6 is 0 Å². The Morgan fingerprint density at radius 2 is 1.73 bits per heavy atom. The molecule has 2 unspecified atom stereocenters. The van der Waals surface area contributed by atoms with Crippen molar-refractivity contribution in [3.05, 3.63) is 35.4 Å². The zero-order valence-corrected chi connectivity index (χ0v) is 20.5. The van der Waals surface area contributed by atoms with E-state index in [-0.39, 0.29) is 11.8 Å². The lowest BCUT2D eigenvalue weighted by Gasteiger charge is -2.40. The molecule has 6 nitrogen and oxygen atoms in total. The quantitative estimate of drug-likeness (QED) is 0.620. The van der Waals surface area contributed by atoms with Gasteiger partial charge in [-0.25, -0.2) is 0 Å². The molecule has 1 aromatic rings. The molecule has 1 aromatic carbocycles. The van der Waals surface area contributed by atoms with Gasteiger partial charge in [-0.3, -0.25) is 14.5 Å². The Kier molecular flexibility index (Phi) is 8.07. The maximum Gasteiger partial charge on any atom is 0.248 e. The highest BCUT2D eigenvalue weighted by atomic mass is 16.2. The number of piperidine rings is 1. The summed E-state index contributed by atoms with van der Waals surface area (Å²) in [7, 11) is 3.96. The molecule has 2 bridgehead atoms. The third-order valence-corrected chi connectivity index (χ3v) is 8.16. The van der Waals surface area contributed by atoms with Crippen LogP contribution in [0.3, 0.4) is 0 Å². The lowest BCUT2D eigenvalue weighted by atomic mass is 9.84. The van der Waals surface area contributed by atoms with Crippen molar-refractivity contribution in [2.75, 3.05) is 40.3 Å². The molecule has 4 rings (SSSR count). The molecule has 33 heavy (non-hydrogen) atoms. The average molecular weight is 455 g/mol. The van der Waals surface area contributed by atoms with Gasteiger partial charge < -0.3 is 15.5 Å². The number of benzene rings is 1. The summed E-state index contributed by atoms with van der Waals surface area (Å²) < 4.78 is 0. The first-order valence-corrected chi connectivity index (χ1v) is 13.0. The average Bonchev–Trinajstić information content (AvgIpc) is 3.03. The molecule has 2 amide bonds. The maximum absolute atomic E-state index is 13.0. The highest BCUT2D eigenvalue weighted by molar-refractivity contribution is 5.92. The largest absolute Gasteiger partial charge is 0.366 e. The molecule has 182 valence electrons. The summed E-state index contributed by atoms with van der Waals surface area (Å²) in [5.74, 6) is 1.09. The minimum absolute atomic E-state index is 0.274. The standard InChI is InChI=1S/C27H42N4O2/c1-29(2)19-26(32)30(18-20-7-4-3-5-8-20)13-14-31-24-11-12-25(31)17-23(16-24)21-9-6-10-22(15-21)27(28)33/h6,9-10,15,20,23-25H,3-5,7-8,11-14,16-19H2,1-2H3,(H2,28,33). The van der Waals surface area contributed by atoms with Crippen LogP contribution in [0.1, 0.15) is 79.6 Å². The van der Waals surface area contributed by atoms with E-state index in [0.29, 0.717) is 36.0 Å². The van der Waals surface area contributed by atoms with Gasteiger partial charge in [0.25, 0.3) is 0 Å². The van der Waals surface area contributed by atoms with Crippen molar-refractivity contribution in [3.8, 4) is 0 Å². The summed E-state index contributed by atoms with van der Waals surface area (Å²) in [5.41, 5.74) is 7.37. The van der Waals surface area contributed by atoms with Gasteiger partial charge in [0, 0.05) is 37.3 Å². The van der Waals surface area contributed by atoms with Crippen LogP contribution in [0.5, 0.6) is 0 Å². The Morgan fingerprint density at radius 1 is 1.03 bits per heavy atom. The number of hydrogen-bond acceptors (Lipinski definition) is 4. The lowest BCUT2D eigenvalue weighted by Crippen LogP contribution is -2.49. The number of rotatable bonds is 9. The second-order valence-electron chi connectivity index (χ2n) is 10.9. The topological polar surface area (TPSA) is 69.9 Å². The molecule has 0 aromatic heterocycles. The third-order valence-electron chi connectivity index (χ3n) is 8.16. The first kappa shape index (κ1) is 24.2. The molecular weight excluding hydrogens is 412 g/mol. The van der Waals surface area contributed by atoms with E-state index in [1.807, 2.05) is 31.1 Å². The van der Waals surface area contributed by atoms with E-state index in [0.717, 1.165) is 32.5 Å². The fourth-order valence-corrected chi connectivity index (χ4v) is 6.46. The highest BCUT2D eigenvalue weighted by Gasteiger charge is 2.41. The fourth-order valence-electron chi connectivity index (χ4n) is 6.46. The van der Waals surface area contributed by atoms with Crippen LogP contribution in [0.25, 0.3) is 0 Å². The molecular formula is C27H42N4O2. The molecule has 0 radical (unpaired) electrons. The smallest absolute Gasteiger partial charge is 0.248 e. The van der Waals surface area contributed by atoms with Crippen molar-refractivity contribution in [1.29, 1.82) is 0 Å². The Hall–Kier alpha value is -1.92. The summed E-state index contributed by atoms with van der Waals surface area (Å²) in [4.78, 5) is 31.5. The van der Waals surface area contributed by atoms with Gasteiger partial charge in [0.2, 0.25) is 11.8 Å². The minimum Gasteiger partial charge on any atom is -0.366 e. The van der Waals surface area contributed by atoms with Crippen molar-refractivity contribution in [2.45, 2.75) is 75.8 Å². The molecule has 2 N–H and O–H groups in total. The van der Waals surface area contributed by atoms with E-state index < -0.39 is 0 Å². The predicted molar refractivity (Wildman–Crippen MR) is 132 cm³/mol. The van der Waals surface area contributed by atoms with E-state index >= 15 is 0 Å². The molecule has 2 heterocycles. The van der Waals surface area contributed by atoms with E-state index in [1.54, 1.807) is 6.07 Å². The number of carbonyl (C=O) groups is 2. The monoisotopic (exact) mass is 454 g/mol. The Labute approximate surface area is 199 Å². The molecule has 1 saturated carbocycles. The van der Waals surface area contributed by atoms with Gasteiger partial charge in [-0.05, 0) is 82.2 Å². The molecule has 1 aliphatic carbocycles. The van der Waals surface area contributed by atoms with Gasteiger partial charge in [-0.15, -0.1) is 0 Å². The normalized spacial score (nSPS) is 26.0. The Balaban J connectivity index is 1.37. The summed E-state index contributed by atoms with van der Waals surface area (Å²) in [6.07, 6.45) is 11.3. The van der Waals surface area contributed by atoms with E-state index in [1.165, 1.54) is 50.5 Å². The van der Waals surface area contributed by atoms with Crippen LogP contribution < -0.4 is 5.73 Å². The van der Waals surface area contributed by atoms with Gasteiger partial charge in [0.05, 0.1) is 6.54 Å². The van der Waals surface area contributed by atoms with E-state index in [9.17, 15) is 9.59 Å². The van der Waals surface area contributed by atoms with Crippen LogP contribution in [-0.4, -0.2) is 78.9 Å². The van der Waals surface area contributed by atoms with Crippen LogP contribution in [-0.2, 0) is 4.79 Å². The Morgan fingerprint density at radius 3 is 2.36 bits per heavy atom. The number of primary amides is 1. The van der Waals surface area contributed by atoms with Gasteiger partial charge in [0.15, 0.2) is 0 Å². The maximum atomic E-state index is 13.0. The third kappa shape index (κ3) is 6.15. The molecule has 0 spiro atoms. The van der Waals surface area contributed by atoms with Gasteiger partial charge in [-0.2, -0.15) is 0 Å². The second kappa shape index (κ2) is 11.0. The number of carbonyl (C=O) groups excluding carboxylic acids is 2. The summed E-state index contributed by atoms with van der Waals surface area (Å²) in [6.45, 7) is 3.25. The number of fused-ring (bicyclic) bond motifs is 2. The van der Waals surface area contributed by atoms with Crippen LogP contribution in [0.15, 0.2) is 24.3 Å². The number of nitrogens with zero attached hydrogens (tertiary/aromatic N) is 3. The summed E-state index contributed by atoms with van der Waals surface area (Å²) >= 11 is 0. The van der Waals surface area contributed by atoms with E-state index in [2.05, 4.69) is 15.9 Å².